The van der Waals surface area contributed by atoms with Crippen molar-refractivity contribution in [2.24, 2.45) is 0 Å². The Bertz CT molecular complexity index is 1250. The van der Waals surface area contributed by atoms with Crippen molar-refractivity contribution in [2.45, 2.75) is 12.1 Å². The second kappa shape index (κ2) is 9.96. The Hall–Kier alpha value is -2.51. The second-order valence-corrected chi connectivity index (χ2v) is 9.23. The minimum Gasteiger partial charge on any atom is -0.325 e. The Morgan fingerprint density at radius 3 is 2.34 bits per heavy atom. The Balaban J connectivity index is 1.60. The fourth-order valence-corrected chi connectivity index (χ4v) is 4.51. The first-order valence-corrected chi connectivity index (χ1v) is 11.7. The lowest BCUT2D eigenvalue weighted by Gasteiger charge is -2.11. The monoisotopic (exact) mass is 502 g/mol. The number of halogens is 3. The SMILES string of the molecule is Cc1cccc(-n2c(SCC(=O)Nc3cc(Cl)cc(Cl)c3)nnc2-c2ccc(Cl)cc2)c1. The number of amides is 1. The summed E-state index contributed by atoms with van der Waals surface area (Å²) < 4.78 is 1.93. The minimum absolute atomic E-state index is 0.134. The summed E-state index contributed by atoms with van der Waals surface area (Å²) in [5.74, 6) is 0.589. The molecule has 162 valence electrons. The number of benzene rings is 3. The first kappa shape index (κ1) is 22.7. The summed E-state index contributed by atoms with van der Waals surface area (Å²) >= 11 is 19.3. The molecule has 0 saturated heterocycles. The van der Waals surface area contributed by atoms with Crippen LogP contribution in [0.25, 0.3) is 17.1 Å². The molecule has 1 N–H and O–H groups in total. The second-order valence-electron chi connectivity index (χ2n) is 6.98. The molecule has 3 aromatic carbocycles. The highest BCUT2D eigenvalue weighted by Crippen LogP contribution is 2.29. The van der Waals surface area contributed by atoms with Crippen molar-refractivity contribution in [1.29, 1.82) is 0 Å². The lowest BCUT2D eigenvalue weighted by molar-refractivity contribution is -0.113. The third-order valence-electron chi connectivity index (χ3n) is 4.47. The van der Waals surface area contributed by atoms with Crippen LogP contribution in [-0.4, -0.2) is 26.4 Å². The number of thioether (sulfide) groups is 1. The third kappa shape index (κ3) is 5.45. The van der Waals surface area contributed by atoms with Crippen molar-refractivity contribution in [3.63, 3.8) is 0 Å². The number of carbonyl (C=O) groups excluding carboxylic acids is 1. The molecule has 0 aliphatic heterocycles. The molecule has 5 nitrogen and oxygen atoms in total. The van der Waals surface area contributed by atoms with Crippen molar-refractivity contribution < 1.29 is 4.79 Å². The average Bonchev–Trinajstić information content (AvgIpc) is 3.16. The Kier molecular flexibility index (Phi) is 7.06. The van der Waals surface area contributed by atoms with Gasteiger partial charge in [0.2, 0.25) is 5.91 Å². The van der Waals surface area contributed by atoms with Crippen molar-refractivity contribution in [3.8, 4) is 17.1 Å². The van der Waals surface area contributed by atoms with Gasteiger partial charge < -0.3 is 5.32 Å². The molecular formula is C23H17Cl3N4OS. The number of aromatic nitrogens is 3. The van der Waals surface area contributed by atoms with Crippen LogP contribution in [-0.2, 0) is 4.79 Å². The summed E-state index contributed by atoms with van der Waals surface area (Å²) in [6.07, 6.45) is 0. The molecule has 1 heterocycles. The molecule has 4 aromatic rings. The largest absolute Gasteiger partial charge is 0.325 e. The highest BCUT2D eigenvalue weighted by atomic mass is 35.5. The number of nitrogens with zero attached hydrogens (tertiary/aromatic N) is 3. The van der Waals surface area contributed by atoms with E-state index in [9.17, 15) is 4.79 Å². The maximum absolute atomic E-state index is 12.5. The number of aryl methyl sites for hydroxylation is 1. The van der Waals surface area contributed by atoms with E-state index >= 15 is 0 Å². The first-order chi connectivity index (χ1) is 15.4. The zero-order valence-electron chi connectivity index (χ0n) is 16.8. The number of hydrogen-bond acceptors (Lipinski definition) is 4. The summed E-state index contributed by atoms with van der Waals surface area (Å²) in [6, 6.07) is 20.3. The van der Waals surface area contributed by atoms with E-state index < -0.39 is 0 Å². The van der Waals surface area contributed by atoms with Crippen molar-refractivity contribution >= 4 is 58.2 Å². The zero-order chi connectivity index (χ0) is 22.7. The lowest BCUT2D eigenvalue weighted by atomic mass is 10.2. The molecule has 4 rings (SSSR count). The number of hydrogen-bond donors (Lipinski definition) is 1. The normalized spacial score (nSPS) is 10.9. The van der Waals surface area contributed by atoms with E-state index in [1.54, 1.807) is 18.2 Å². The number of carbonyl (C=O) groups is 1. The van der Waals surface area contributed by atoms with E-state index in [0.717, 1.165) is 16.8 Å². The fraction of sp³-hybridized carbons (Fsp3) is 0.0870. The molecular weight excluding hydrogens is 487 g/mol. The van der Waals surface area contributed by atoms with Crippen LogP contribution in [0.3, 0.4) is 0 Å². The summed E-state index contributed by atoms with van der Waals surface area (Å²) in [7, 11) is 0. The molecule has 9 heteroatoms. The first-order valence-electron chi connectivity index (χ1n) is 9.56. The van der Waals surface area contributed by atoms with Gasteiger partial charge in [0, 0.05) is 32.0 Å². The van der Waals surface area contributed by atoms with E-state index in [4.69, 9.17) is 34.8 Å². The van der Waals surface area contributed by atoms with Crippen LogP contribution in [0.2, 0.25) is 15.1 Å². The van der Waals surface area contributed by atoms with E-state index in [1.807, 2.05) is 60.0 Å². The summed E-state index contributed by atoms with van der Waals surface area (Å²) in [5, 5.41) is 13.7. The topological polar surface area (TPSA) is 59.8 Å². The minimum atomic E-state index is -0.208. The van der Waals surface area contributed by atoms with Gasteiger partial charge >= 0.3 is 0 Å². The van der Waals surface area contributed by atoms with E-state index in [1.165, 1.54) is 11.8 Å². The van der Waals surface area contributed by atoms with E-state index in [0.29, 0.717) is 31.7 Å². The molecule has 0 spiro atoms. The van der Waals surface area contributed by atoms with Gasteiger partial charge in [-0.1, -0.05) is 58.7 Å². The molecule has 0 aliphatic carbocycles. The highest BCUT2D eigenvalue weighted by Gasteiger charge is 2.18. The van der Waals surface area contributed by atoms with Gasteiger partial charge in [-0.25, -0.2) is 0 Å². The molecule has 0 unspecified atom stereocenters. The van der Waals surface area contributed by atoms with Gasteiger partial charge in [-0.05, 0) is 67.1 Å². The number of anilines is 1. The fourth-order valence-electron chi connectivity index (χ4n) is 3.10. The predicted molar refractivity (Wildman–Crippen MR) is 132 cm³/mol. The third-order valence-corrected chi connectivity index (χ3v) is 6.09. The van der Waals surface area contributed by atoms with Gasteiger partial charge in [-0.2, -0.15) is 0 Å². The average molecular weight is 504 g/mol. The molecule has 0 atom stereocenters. The molecule has 32 heavy (non-hydrogen) atoms. The summed E-state index contributed by atoms with van der Waals surface area (Å²) in [6.45, 7) is 2.02. The predicted octanol–water partition coefficient (Wildman–Crippen LogP) is 6.93. The van der Waals surface area contributed by atoms with Crippen molar-refractivity contribution in [1.82, 2.24) is 14.8 Å². The van der Waals surface area contributed by atoms with Gasteiger partial charge in [0.15, 0.2) is 11.0 Å². The maximum atomic E-state index is 12.5. The maximum Gasteiger partial charge on any atom is 0.234 e. The van der Waals surface area contributed by atoms with E-state index in [2.05, 4.69) is 15.5 Å². The van der Waals surface area contributed by atoms with Crippen molar-refractivity contribution in [2.75, 3.05) is 11.1 Å². The summed E-state index contributed by atoms with van der Waals surface area (Å²) in [5.41, 5.74) is 3.41. The Morgan fingerprint density at radius 2 is 1.66 bits per heavy atom. The molecule has 0 bridgehead atoms. The molecule has 1 amide bonds. The van der Waals surface area contributed by atoms with Crippen molar-refractivity contribution in [3.05, 3.63) is 87.4 Å². The van der Waals surface area contributed by atoms with Gasteiger partial charge in [0.25, 0.3) is 0 Å². The highest BCUT2D eigenvalue weighted by molar-refractivity contribution is 7.99. The molecule has 0 radical (unpaired) electrons. The van der Waals surface area contributed by atoms with Gasteiger partial charge in [0.1, 0.15) is 0 Å². The number of rotatable bonds is 6. The molecule has 0 saturated carbocycles. The van der Waals surface area contributed by atoms with Gasteiger partial charge in [-0.3, -0.25) is 9.36 Å². The standard InChI is InChI=1S/C23H17Cl3N4OS/c1-14-3-2-4-20(9-14)30-22(15-5-7-16(24)8-6-15)28-29-23(30)32-13-21(31)27-19-11-17(25)10-18(26)12-19/h2-12H,13H2,1H3,(H,27,31). The van der Waals surface area contributed by atoms with Gasteiger partial charge in [-0.15, -0.1) is 10.2 Å². The van der Waals surface area contributed by atoms with Crippen LogP contribution in [0.1, 0.15) is 5.56 Å². The van der Waals surface area contributed by atoms with Crippen LogP contribution in [0.4, 0.5) is 5.69 Å². The Morgan fingerprint density at radius 1 is 0.938 bits per heavy atom. The Labute approximate surface area is 204 Å². The van der Waals surface area contributed by atoms with Crippen LogP contribution in [0, 0.1) is 6.92 Å². The zero-order valence-corrected chi connectivity index (χ0v) is 19.9. The van der Waals surface area contributed by atoms with Crippen LogP contribution in [0.5, 0.6) is 0 Å². The van der Waals surface area contributed by atoms with Crippen LogP contribution in [0.15, 0.2) is 71.9 Å². The van der Waals surface area contributed by atoms with Crippen LogP contribution >= 0.6 is 46.6 Å². The van der Waals surface area contributed by atoms with Crippen LogP contribution < -0.4 is 5.32 Å². The van der Waals surface area contributed by atoms with Gasteiger partial charge in [0.05, 0.1) is 5.75 Å². The van der Waals surface area contributed by atoms with E-state index in [-0.39, 0.29) is 11.7 Å². The lowest BCUT2D eigenvalue weighted by Crippen LogP contribution is -2.14. The molecule has 0 aliphatic rings. The molecule has 1 aromatic heterocycles. The summed E-state index contributed by atoms with van der Waals surface area (Å²) in [4.78, 5) is 12.5. The number of nitrogens with one attached hydrogen (secondary N) is 1. The smallest absolute Gasteiger partial charge is 0.234 e. The molecule has 0 fully saturated rings. The quantitative estimate of drug-likeness (QED) is 0.290.